The van der Waals surface area contributed by atoms with Gasteiger partial charge in [-0.1, -0.05) is 0 Å². The molecule has 1 aliphatic rings. The van der Waals surface area contributed by atoms with Crippen LogP contribution in [0.3, 0.4) is 0 Å². The molecular formula is C8H18ClNOS. The summed E-state index contributed by atoms with van der Waals surface area (Å²) in [6, 6.07) is 0. The van der Waals surface area contributed by atoms with Crippen molar-refractivity contribution < 1.29 is 4.21 Å². The Balaban J connectivity index is 0.00000121. The van der Waals surface area contributed by atoms with Crippen LogP contribution in [0.2, 0.25) is 0 Å². The van der Waals surface area contributed by atoms with Crippen LogP contribution in [0.1, 0.15) is 27.2 Å². The standard InChI is InChI=1S/C8H17NOS.ClH/c1-8(2,3)11(10)7-4-5-9-6-7;/h7,9H,4-6H2,1-3H3;1H. The van der Waals surface area contributed by atoms with Crippen molar-refractivity contribution in [2.75, 3.05) is 13.1 Å². The second-order valence-corrected chi connectivity index (χ2v) is 6.51. The zero-order valence-electron chi connectivity index (χ0n) is 7.92. The summed E-state index contributed by atoms with van der Waals surface area (Å²) in [5.74, 6) is 0. The molecule has 0 bridgehead atoms. The molecule has 1 saturated heterocycles. The van der Waals surface area contributed by atoms with Gasteiger partial charge in [-0.3, -0.25) is 4.21 Å². The molecule has 0 aromatic carbocycles. The third-order valence-corrected chi connectivity index (χ3v) is 4.14. The van der Waals surface area contributed by atoms with E-state index in [0.29, 0.717) is 5.25 Å². The van der Waals surface area contributed by atoms with Gasteiger partial charge in [0, 0.05) is 27.3 Å². The van der Waals surface area contributed by atoms with Crippen LogP contribution in [-0.4, -0.2) is 27.3 Å². The van der Waals surface area contributed by atoms with Crippen molar-refractivity contribution in [1.29, 1.82) is 0 Å². The highest BCUT2D eigenvalue weighted by Gasteiger charge is 2.29. The minimum absolute atomic E-state index is 0. The van der Waals surface area contributed by atoms with E-state index in [0.717, 1.165) is 19.5 Å². The number of hydrogen-bond acceptors (Lipinski definition) is 2. The molecule has 0 aliphatic carbocycles. The summed E-state index contributed by atoms with van der Waals surface area (Å²) in [6.45, 7) is 8.10. The van der Waals surface area contributed by atoms with Gasteiger partial charge >= 0.3 is 0 Å². The van der Waals surface area contributed by atoms with Crippen LogP contribution in [-0.2, 0) is 10.8 Å². The quantitative estimate of drug-likeness (QED) is 0.709. The van der Waals surface area contributed by atoms with E-state index in [1.54, 1.807) is 0 Å². The molecule has 2 nitrogen and oxygen atoms in total. The fourth-order valence-corrected chi connectivity index (χ4v) is 2.91. The summed E-state index contributed by atoms with van der Waals surface area (Å²) >= 11 is 0. The van der Waals surface area contributed by atoms with Gasteiger partial charge in [-0.05, 0) is 33.7 Å². The average Bonchev–Trinajstić information content (AvgIpc) is 2.34. The Labute approximate surface area is 83.4 Å². The zero-order valence-corrected chi connectivity index (χ0v) is 9.56. The highest BCUT2D eigenvalue weighted by molar-refractivity contribution is 7.87. The van der Waals surface area contributed by atoms with Gasteiger partial charge in [0.1, 0.15) is 0 Å². The first-order chi connectivity index (χ1) is 5.02. The minimum atomic E-state index is -0.675. The lowest BCUT2D eigenvalue weighted by molar-refractivity contribution is 0.636. The Kier molecular flexibility index (Phi) is 4.74. The molecular weight excluding hydrogens is 194 g/mol. The van der Waals surface area contributed by atoms with Crippen LogP contribution in [0.25, 0.3) is 0 Å². The van der Waals surface area contributed by atoms with E-state index in [2.05, 4.69) is 5.32 Å². The summed E-state index contributed by atoms with van der Waals surface area (Å²) in [6.07, 6.45) is 1.07. The van der Waals surface area contributed by atoms with Gasteiger partial charge in [-0.15, -0.1) is 12.4 Å². The van der Waals surface area contributed by atoms with Crippen LogP contribution in [0.15, 0.2) is 0 Å². The third kappa shape index (κ3) is 3.04. The molecule has 1 N–H and O–H groups in total. The van der Waals surface area contributed by atoms with Crippen LogP contribution in [0, 0.1) is 0 Å². The molecule has 1 heterocycles. The Bertz CT molecular complexity index is 161. The summed E-state index contributed by atoms with van der Waals surface area (Å²) in [5, 5.41) is 3.62. The molecule has 0 aromatic heterocycles. The van der Waals surface area contributed by atoms with E-state index in [9.17, 15) is 4.21 Å². The van der Waals surface area contributed by atoms with Gasteiger partial charge in [0.25, 0.3) is 0 Å². The van der Waals surface area contributed by atoms with Crippen molar-refractivity contribution in [2.24, 2.45) is 0 Å². The topological polar surface area (TPSA) is 29.1 Å². The van der Waals surface area contributed by atoms with Crippen molar-refractivity contribution >= 4 is 23.2 Å². The molecule has 0 aromatic rings. The second kappa shape index (κ2) is 4.58. The molecule has 2 atom stereocenters. The van der Waals surface area contributed by atoms with Gasteiger partial charge in [0.15, 0.2) is 0 Å². The predicted molar refractivity (Wildman–Crippen MR) is 56.4 cm³/mol. The van der Waals surface area contributed by atoms with Crippen LogP contribution >= 0.6 is 12.4 Å². The normalized spacial score (nSPS) is 26.4. The molecule has 2 unspecified atom stereocenters. The van der Waals surface area contributed by atoms with Gasteiger partial charge in [0.05, 0.1) is 0 Å². The van der Waals surface area contributed by atoms with Gasteiger partial charge in [-0.2, -0.15) is 0 Å². The lowest BCUT2D eigenvalue weighted by Gasteiger charge is -2.21. The largest absolute Gasteiger partial charge is 0.315 e. The van der Waals surface area contributed by atoms with Crippen molar-refractivity contribution in [1.82, 2.24) is 5.32 Å². The first-order valence-electron chi connectivity index (χ1n) is 4.13. The second-order valence-electron chi connectivity index (χ2n) is 4.02. The summed E-state index contributed by atoms with van der Waals surface area (Å²) in [4.78, 5) is 0. The van der Waals surface area contributed by atoms with E-state index in [-0.39, 0.29) is 17.2 Å². The Morgan fingerprint density at radius 2 is 2.00 bits per heavy atom. The molecule has 0 saturated carbocycles. The highest BCUT2D eigenvalue weighted by Crippen LogP contribution is 2.19. The molecule has 0 spiro atoms. The van der Waals surface area contributed by atoms with Gasteiger partial charge in [-0.25, -0.2) is 0 Å². The van der Waals surface area contributed by atoms with Crippen molar-refractivity contribution in [3.63, 3.8) is 0 Å². The molecule has 0 amide bonds. The van der Waals surface area contributed by atoms with E-state index >= 15 is 0 Å². The average molecular weight is 212 g/mol. The minimum Gasteiger partial charge on any atom is -0.315 e. The molecule has 1 rings (SSSR count). The smallest absolute Gasteiger partial charge is 0.0489 e. The van der Waals surface area contributed by atoms with E-state index in [1.165, 1.54) is 0 Å². The first-order valence-corrected chi connectivity index (χ1v) is 5.34. The lowest BCUT2D eigenvalue weighted by Crippen LogP contribution is -2.32. The number of halogens is 1. The maximum absolute atomic E-state index is 11.7. The summed E-state index contributed by atoms with van der Waals surface area (Å²) in [5.41, 5.74) is 0. The summed E-state index contributed by atoms with van der Waals surface area (Å²) < 4.78 is 11.7. The molecule has 1 fully saturated rings. The maximum Gasteiger partial charge on any atom is 0.0489 e. The Hall–Kier alpha value is 0.400. The number of nitrogens with one attached hydrogen (secondary N) is 1. The van der Waals surface area contributed by atoms with Gasteiger partial charge < -0.3 is 5.32 Å². The Morgan fingerprint density at radius 1 is 1.42 bits per heavy atom. The maximum atomic E-state index is 11.7. The van der Waals surface area contributed by atoms with Crippen molar-refractivity contribution in [3.8, 4) is 0 Å². The Morgan fingerprint density at radius 3 is 2.33 bits per heavy atom. The first kappa shape index (κ1) is 12.4. The van der Waals surface area contributed by atoms with Gasteiger partial charge in [0.2, 0.25) is 0 Å². The van der Waals surface area contributed by atoms with Crippen molar-refractivity contribution in [2.45, 2.75) is 37.2 Å². The van der Waals surface area contributed by atoms with Crippen LogP contribution < -0.4 is 5.32 Å². The van der Waals surface area contributed by atoms with Crippen LogP contribution in [0.4, 0.5) is 0 Å². The highest BCUT2D eigenvalue weighted by atomic mass is 35.5. The fraction of sp³-hybridized carbons (Fsp3) is 1.00. The monoisotopic (exact) mass is 211 g/mol. The zero-order chi connectivity index (χ0) is 8.48. The number of hydrogen-bond donors (Lipinski definition) is 1. The SMILES string of the molecule is CC(C)(C)S(=O)C1CCNC1.Cl. The number of rotatable bonds is 1. The molecule has 1 aliphatic heterocycles. The third-order valence-electron chi connectivity index (χ3n) is 1.92. The lowest BCUT2D eigenvalue weighted by atomic mass is 10.3. The fourth-order valence-electron chi connectivity index (χ4n) is 1.31. The summed E-state index contributed by atoms with van der Waals surface area (Å²) in [7, 11) is -0.675. The molecule has 4 heteroatoms. The van der Waals surface area contributed by atoms with E-state index < -0.39 is 10.8 Å². The molecule has 74 valence electrons. The molecule has 12 heavy (non-hydrogen) atoms. The van der Waals surface area contributed by atoms with Crippen molar-refractivity contribution in [3.05, 3.63) is 0 Å². The van der Waals surface area contributed by atoms with E-state index in [1.807, 2.05) is 20.8 Å². The van der Waals surface area contributed by atoms with Crippen LogP contribution in [0.5, 0.6) is 0 Å². The predicted octanol–water partition coefficient (Wildman–Crippen LogP) is 1.32. The molecule has 0 radical (unpaired) electrons. The van der Waals surface area contributed by atoms with E-state index in [4.69, 9.17) is 0 Å².